The van der Waals surface area contributed by atoms with Crippen LogP contribution in [0.15, 0.2) is 24.3 Å². The molecule has 0 spiro atoms. The van der Waals surface area contributed by atoms with Gasteiger partial charge < -0.3 is 14.6 Å². The van der Waals surface area contributed by atoms with Gasteiger partial charge in [0.05, 0.1) is 19.6 Å². The number of H-pyrrole nitrogens is 1. The summed E-state index contributed by atoms with van der Waals surface area (Å²) in [5, 5.41) is 10.0. The number of rotatable bonds is 6. The first-order chi connectivity index (χ1) is 10.9. The molecule has 23 heavy (non-hydrogen) atoms. The minimum Gasteiger partial charge on any atom is -0.497 e. The fraction of sp³-hybridized carbons (Fsp3) is 0.438. The molecule has 1 atom stereocenters. The summed E-state index contributed by atoms with van der Waals surface area (Å²) < 4.78 is 7.44. The highest BCUT2D eigenvalue weighted by Gasteiger charge is 2.23. The molecule has 6 nitrogen and oxygen atoms in total. The van der Waals surface area contributed by atoms with Crippen LogP contribution in [-0.2, 0) is 18.3 Å². The van der Waals surface area contributed by atoms with Crippen LogP contribution >= 0.6 is 12.2 Å². The Bertz CT molecular complexity index is 718. The molecule has 0 fully saturated rings. The molecule has 7 heteroatoms. The quantitative estimate of drug-likeness (QED) is 0.796. The number of aromatic nitrogens is 3. The summed E-state index contributed by atoms with van der Waals surface area (Å²) in [4.78, 5) is 12.4. The molecule has 0 radical (unpaired) electrons. The van der Waals surface area contributed by atoms with E-state index in [9.17, 15) is 4.79 Å². The normalized spacial score (nSPS) is 12.2. The van der Waals surface area contributed by atoms with Gasteiger partial charge in [-0.15, -0.1) is 0 Å². The number of hydrogen-bond donors (Lipinski definition) is 2. The highest BCUT2D eigenvalue weighted by Crippen LogP contribution is 2.20. The third kappa shape index (κ3) is 4.19. The van der Waals surface area contributed by atoms with Crippen LogP contribution in [0.4, 0.5) is 0 Å². The maximum Gasteiger partial charge on any atom is 0.225 e. The van der Waals surface area contributed by atoms with Gasteiger partial charge in [-0.3, -0.25) is 9.89 Å². The third-order valence-corrected chi connectivity index (χ3v) is 4.06. The van der Waals surface area contributed by atoms with Gasteiger partial charge in [-0.2, -0.15) is 5.10 Å². The average molecular weight is 334 g/mol. The number of benzene rings is 1. The fourth-order valence-corrected chi connectivity index (χ4v) is 2.46. The first kappa shape index (κ1) is 17.2. The van der Waals surface area contributed by atoms with E-state index in [1.807, 2.05) is 45.2 Å². The summed E-state index contributed by atoms with van der Waals surface area (Å²) >= 11 is 5.14. The van der Waals surface area contributed by atoms with Crippen molar-refractivity contribution in [1.29, 1.82) is 0 Å². The molecule has 1 amide bonds. The lowest BCUT2D eigenvalue weighted by atomic mass is 10.0. The van der Waals surface area contributed by atoms with Crippen LogP contribution in [0, 0.1) is 10.7 Å². The van der Waals surface area contributed by atoms with Crippen molar-refractivity contribution >= 4 is 18.1 Å². The van der Waals surface area contributed by atoms with E-state index in [2.05, 4.69) is 15.5 Å². The van der Waals surface area contributed by atoms with Gasteiger partial charge in [-0.05, 0) is 35.8 Å². The summed E-state index contributed by atoms with van der Waals surface area (Å²) in [6, 6.07) is 7.27. The molecule has 0 aliphatic heterocycles. The minimum atomic E-state index is -0.196. The second kappa shape index (κ2) is 7.41. The van der Waals surface area contributed by atoms with E-state index < -0.39 is 0 Å². The van der Waals surface area contributed by atoms with Gasteiger partial charge >= 0.3 is 0 Å². The van der Waals surface area contributed by atoms with Gasteiger partial charge in [0.1, 0.15) is 5.75 Å². The molecule has 0 bridgehead atoms. The van der Waals surface area contributed by atoms with Gasteiger partial charge in [-0.25, -0.2) is 0 Å². The van der Waals surface area contributed by atoms with Gasteiger partial charge in [0.15, 0.2) is 10.6 Å². The lowest BCUT2D eigenvalue weighted by Gasteiger charge is -2.21. The monoisotopic (exact) mass is 334 g/mol. The Morgan fingerprint density at radius 1 is 1.39 bits per heavy atom. The zero-order valence-electron chi connectivity index (χ0n) is 13.8. The van der Waals surface area contributed by atoms with E-state index in [0.29, 0.717) is 11.2 Å². The maximum atomic E-state index is 12.4. The van der Waals surface area contributed by atoms with Crippen molar-refractivity contribution in [2.75, 3.05) is 7.11 Å². The summed E-state index contributed by atoms with van der Waals surface area (Å²) in [7, 11) is 3.46. The van der Waals surface area contributed by atoms with Gasteiger partial charge in [-0.1, -0.05) is 26.0 Å². The first-order valence-corrected chi connectivity index (χ1v) is 7.86. The Morgan fingerprint density at radius 3 is 2.52 bits per heavy atom. The van der Waals surface area contributed by atoms with E-state index in [1.54, 1.807) is 11.7 Å². The van der Waals surface area contributed by atoms with E-state index in [0.717, 1.165) is 17.1 Å². The molecule has 0 unspecified atom stereocenters. The molecular weight excluding hydrogens is 312 g/mol. The van der Waals surface area contributed by atoms with Crippen LogP contribution in [0.3, 0.4) is 0 Å². The minimum absolute atomic E-state index is 0.0530. The predicted molar refractivity (Wildman–Crippen MR) is 90.8 cm³/mol. The number of carbonyl (C=O) groups is 1. The predicted octanol–water partition coefficient (Wildman–Crippen LogP) is 2.54. The second-order valence-electron chi connectivity index (χ2n) is 5.76. The van der Waals surface area contributed by atoms with E-state index >= 15 is 0 Å². The number of nitrogens with one attached hydrogen (secondary N) is 2. The zero-order chi connectivity index (χ0) is 17.0. The van der Waals surface area contributed by atoms with Gasteiger partial charge in [0.25, 0.3) is 0 Å². The van der Waals surface area contributed by atoms with Crippen molar-refractivity contribution in [3.8, 4) is 5.75 Å². The molecule has 0 aliphatic carbocycles. The number of aromatic amines is 1. The topological polar surface area (TPSA) is 71.9 Å². The lowest BCUT2D eigenvalue weighted by molar-refractivity contribution is -0.121. The Morgan fingerprint density at radius 2 is 2.04 bits per heavy atom. The van der Waals surface area contributed by atoms with Crippen molar-refractivity contribution in [2.24, 2.45) is 13.0 Å². The highest BCUT2D eigenvalue weighted by atomic mass is 32.1. The molecule has 0 saturated carbocycles. The standard InChI is InChI=1S/C16H22N4O2S/c1-10(2)14(15-18-19-16(23)20(15)3)17-13(21)9-11-5-7-12(22-4)8-6-11/h5-8,10,14H,9H2,1-4H3,(H,17,21)(H,19,23)/t14-/m0/s1. The van der Waals surface area contributed by atoms with Crippen LogP contribution in [-0.4, -0.2) is 27.8 Å². The molecule has 2 rings (SSSR count). The molecule has 2 N–H and O–H groups in total. The number of carbonyl (C=O) groups excluding carboxylic acids is 1. The van der Waals surface area contributed by atoms with Crippen LogP contribution in [0.25, 0.3) is 0 Å². The molecule has 1 aromatic carbocycles. The van der Waals surface area contributed by atoms with Crippen molar-refractivity contribution in [1.82, 2.24) is 20.1 Å². The Labute approximate surface area is 140 Å². The van der Waals surface area contributed by atoms with Crippen LogP contribution in [0.5, 0.6) is 5.75 Å². The maximum absolute atomic E-state index is 12.4. The summed E-state index contributed by atoms with van der Waals surface area (Å²) in [5.41, 5.74) is 0.932. The summed E-state index contributed by atoms with van der Waals surface area (Å²) in [6.07, 6.45) is 0.308. The number of nitrogens with zero attached hydrogens (tertiary/aromatic N) is 2. The van der Waals surface area contributed by atoms with Crippen molar-refractivity contribution in [3.63, 3.8) is 0 Å². The van der Waals surface area contributed by atoms with Crippen molar-refractivity contribution in [2.45, 2.75) is 26.3 Å². The summed E-state index contributed by atoms with van der Waals surface area (Å²) in [6.45, 7) is 4.08. The highest BCUT2D eigenvalue weighted by molar-refractivity contribution is 7.71. The number of amides is 1. The van der Waals surface area contributed by atoms with Crippen molar-refractivity contribution in [3.05, 3.63) is 40.4 Å². The van der Waals surface area contributed by atoms with Gasteiger partial charge in [0.2, 0.25) is 5.91 Å². The molecule has 1 aromatic heterocycles. The Balaban J connectivity index is 2.09. The SMILES string of the molecule is COc1ccc(CC(=O)N[C@H](c2n[nH]c(=S)n2C)C(C)C)cc1. The Kier molecular flexibility index (Phi) is 5.54. The molecule has 1 heterocycles. The smallest absolute Gasteiger partial charge is 0.225 e. The van der Waals surface area contributed by atoms with E-state index in [1.165, 1.54) is 0 Å². The van der Waals surface area contributed by atoms with Crippen molar-refractivity contribution < 1.29 is 9.53 Å². The van der Waals surface area contributed by atoms with E-state index in [-0.39, 0.29) is 17.9 Å². The largest absolute Gasteiger partial charge is 0.497 e. The lowest BCUT2D eigenvalue weighted by Crippen LogP contribution is -2.34. The summed E-state index contributed by atoms with van der Waals surface area (Å²) in [5.74, 6) is 1.64. The van der Waals surface area contributed by atoms with Gasteiger partial charge in [0, 0.05) is 7.05 Å². The second-order valence-corrected chi connectivity index (χ2v) is 6.15. The van der Waals surface area contributed by atoms with Crippen LogP contribution in [0.1, 0.15) is 31.3 Å². The zero-order valence-corrected chi connectivity index (χ0v) is 14.6. The number of methoxy groups -OCH3 is 1. The number of ether oxygens (including phenoxy) is 1. The first-order valence-electron chi connectivity index (χ1n) is 7.46. The number of hydrogen-bond acceptors (Lipinski definition) is 4. The van der Waals surface area contributed by atoms with E-state index in [4.69, 9.17) is 17.0 Å². The Hall–Kier alpha value is -2.15. The molecule has 0 saturated heterocycles. The molecule has 124 valence electrons. The fourth-order valence-electron chi connectivity index (χ4n) is 2.32. The molecule has 0 aliphatic rings. The molecular formula is C16H22N4O2S. The third-order valence-electron chi connectivity index (χ3n) is 3.70. The van der Waals surface area contributed by atoms with Crippen LogP contribution < -0.4 is 10.1 Å². The molecule has 2 aromatic rings. The van der Waals surface area contributed by atoms with Crippen LogP contribution in [0.2, 0.25) is 0 Å². The average Bonchev–Trinajstić information content (AvgIpc) is 2.85.